The second kappa shape index (κ2) is 6.73. The zero-order valence-electron chi connectivity index (χ0n) is 13.3. The Hall–Kier alpha value is -1.16. The summed E-state index contributed by atoms with van der Waals surface area (Å²) in [5, 5.41) is 3.39. The van der Waals surface area contributed by atoms with Gasteiger partial charge in [0.05, 0.1) is 0 Å². The zero-order valence-corrected chi connectivity index (χ0v) is 13.3. The van der Waals surface area contributed by atoms with Crippen molar-refractivity contribution in [1.29, 1.82) is 0 Å². The third-order valence-corrected chi connectivity index (χ3v) is 5.22. The van der Waals surface area contributed by atoms with Crippen LogP contribution in [0.1, 0.15) is 57.4 Å². The summed E-state index contributed by atoms with van der Waals surface area (Å²) in [4.78, 5) is 11.5. The maximum Gasteiger partial charge on any atom is 0.225 e. The average molecular weight is 288 g/mol. The number of anilines is 1. The van der Waals surface area contributed by atoms with E-state index in [2.05, 4.69) is 27.1 Å². The molecule has 21 heavy (non-hydrogen) atoms. The van der Waals surface area contributed by atoms with Gasteiger partial charge in [0.25, 0.3) is 0 Å². The highest BCUT2D eigenvalue weighted by atomic mass is 15.2. The van der Waals surface area contributed by atoms with E-state index in [0.29, 0.717) is 5.41 Å². The molecule has 1 saturated heterocycles. The van der Waals surface area contributed by atoms with E-state index in [-0.39, 0.29) is 0 Å². The van der Waals surface area contributed by atoms with Gasteiger partial charge in [0.2, 0.25) is 5.95 Å². The van der Waals surface area contributed by atoms with Crippen LogP contribution in [0.15, 0.2) is 12.4 Å². The summed E-state index contributed by atoms with van der Waals surface area (Å²) >= 11 is 0. The van der Waals surface area contributed by atoms with Gasteiger partial charge in [-0.05, 0) is 44.1 Å². The maximum atomic E-state index is 4.57. The molecule has 1 saturated carbocycles. The SMILES string of the molecule is CCCNCc1cnc(N2CCC3(CCCC3)CC2)nc1. The largest absolute Gasteiger partial charge is 0.341 e. The Morgan fingerprint density at radius 2 is 1.76 bits per heavy atom. The van der Waals surface area contributed by atoms with Crippen molar-refractivity contribution in [3.63, 3.8) is 0 Å². The Bertz CT molecular complexity index is 427. The highest BCUT2D eigenvalue weighted by molar-refractivity contribution is 5.31. The molecule has 1 aromatic rings. The van der Waals surface area contributed by atoms with E-state index in [9.17, 15) is 0 Å². The van der Waals surface area contributed by atoms with Crippen LogP contribution < -0.4 is 10.2 Å². The van der Waals surface area contributed by atoms with Crippen LogP contribution in [0.25, 0.3) is 0 Å². The molecule has 2 fully saturated rings. The molecule has 0 amide bonds. The molecule has 0 aromatic carbocycles. The summed E-state index contributed by atoms with van der Waals surface area (Å²) < 4.78 is 0. The molecule has 0 bridgehead atoms. The number of piperidine rings is 1. The summed E-state index contributed by atoms with van der Waals surface area (Å²) in [5.41, 5.74) is 1.84. The number of nitrogens with zero attached hydrogens (tertiary/aromatic N) is 3. The minimum absolute atomic E-state index is 0.667. The predicted molar refractivity (Wildman–Crippen MR) is 86.4 cm³/mol. The van der Waals surface area contributed by atoms with Gasteiger partial charge >= 0.3 is 0 Å². The molecule has 1 aliphatic carbocycles. The van der Waals surface area contributed by atoms with Gasteiger partial charge in [-0.1, -0.05) is 19.8 Å². The van der Waals surface area contributed by atoms with Crippen molar-refractivity contribution < 1.29 is 0 Å². The third kappa shape index (κ3) is 3.54. The van der Waals surface area contributed by atoms with Gasteiger partial charge in [-0.2, -0.15) is 0 Å². The fourth-order valence-corrected chi connectivity index (χ4v) is 3.82. The molecule has 116 valence electrons. The lowest BCUT2D eigenvalue weighted by atomic mass is 9.77. The number of hydrogen-bond donors (Lipinski definition) is 1. The van der Waals surface area contributed by atoms with Crippen LogP contribution >= 0.6 is 0 Å². The van der Waals surface area contributed by atoms with Crippen LogP contribution in [-0.2, 0) is 6.54 Å². The van der Waals surface area contributed by atoms with E-state index < -0.39 is 0 Å². The van der Waals surface area contributed by atoms with Crippen molar-refractivity contribution >= 4 is 5.95 Å². The van der Waals surface area contributed by atoms with Gasteiger partial charge < -0.3 is 10.2 Å². The number of nitrogens with one attached hydrogen (secondary N) is 1. The summed E-state index contributed by atoms with van der Waals surface area (Å²) in [7, 11) is 0. The molecule has 1 aromatic heterocycles. The summed E-state index contributed by atoms with van der Waals surface area (Å²) in [6.07, 6.45) is 13.6. The number of hydrogen-bond acceptors (Lipinski definition) is 4. The summed E-state index contributed by atoms with van der Waals surface area (Å²) in [6, 6.07) is 0. The van der Waals surface area contributed by atoms with E-state index in [4.69, 9.17) is 0 Å². The maximum absolute atomic E-state index is 4.57. The van der Waals surface area contributed by atoms with E-state index in [1.54, 1.807) is 0 Å². The molecule has 0 atom stereocenters. The van der Waals surface area contributed by atoms with Crippen LogP contribution in [0, 0.1) is 5.41 Å². The van der Waals surface area contributed by atoms with E-state index in [0.717, 1.165) is 38.5 Å². The number of aromatic nitrogens is 2. The summed E-state index contributed by atoms with van der Waals surface area (Å²) in [6.45, 7) is 6.37. The van der Waals surface area contributed by atoms with Crippen LogP contribution in [0.5, 0.6) is 0 Å². The first-order chi connectivity index (χ1) is 10.3. The Labute approximate surface area is 128 Å². The fourth-order valence-electron chi connectivity index (χ4n) is 3.82. The van der Waals surface area contributed by atoms with Crippen molar-refractivity contribution in [2.24, 2.45) is 5.41 Å². The normalized spacial score (nSPS) is 21.1. The van der Waals surface area contributed by atoms with Gasteiger partial charge in [-0.25, -0.2) is 9.97 Å². The van der Waals surface area contributed by atoms with Crippen molar-refractivity contribution in [3.05, 3.63) is 18.0 Å². The molecule has 1 aliphatic heterocycles. The van der Waals surface area contributed by atoms with Crippen LogP contribution in [0.4, 0.5) is 5.95 Å². The Morgan fingerprint density at radius 3 is 2.38 bits per heavy atom. The molecule has 4 nitrogen and oxygen atoms in total. The molecule has 1 spiro atoms. The third-order valence-electron chi connectivity index (χ3n) is 5.22. The lowest BCUT2D eigenvalue weighted by Gasteiger charge is -2.39. The molecule has 1 N–H and O–H groups in total. The standard InChI is InChI=1S/C17H28N4/c1-2-9-18-12-15-13-19-16(20-14-15)21-10-7-17(8-11-21)5-3-4-6-17/h13-14,18H,2-12H2,1H3. The number of rotatable bonds is 5. The van der Waals surface area contributed by atoms with Gasteiger partial charge in [-0.3, -0.25) is 0 Å². The molecule has 3 rings (SSSR count). The Morgan fingerprint density at radius 1 is 1.10 bits per heavy atom. The first-order valence-corrected chi connectivity index (χ1v) is 8.58. The topological polar surface area (TPSA) is 41.1 Å². The molecule has 2 heterocycles. The minimum Gasteiger partial charge on any atom is -0.341 e. The summed E-state index contributed by atoms with van der Waals surface area (Å²) in [5.74, 6) is 0.919. The molecule has 4 heteroatoms. The van der Waals surface area contributed by atoms with Crippen molar-refractivity contribution in [1.82, 2.24) is 15.3 Å². The molecular formula is C17H28N4. The van der Waals surface area contributed by atoms with Crippen LogP contribution in [-0.4, -0.2) is 29.6 Å². The highest BCUT2D eigenvalue weighted by Crippen LogP contribution is 2.46. The Kier molecular flexibility index (Phi) is 4.73. The molecule has 0 radical (unpaired) electrons. The van der Waals surface area contributed by atoms with E-state index in [1.807, 2.05) is 12.4 Å². The van der Waals surface area contributed by atoms with E-state index >= 15 is 0 Å². The first-order valence-electron chi connectivity index (χ1n) is 8.58. The van der Waals surface area contributed by atoms with Crippen LogP contribution in [0.3, 0.4) is 0 Å². The second-order valence-corrected chi connectivity index (χ2v) is 6.76. The Balaban J connectivity index is 1.53. The van der Waals surface area contributed by atoms with Gasteiger partial charge in [0, 0.05) is 37.6 Å². The molecular weight excluding hydrogens is 260 g/mol. The lowest BCUT2D eigenvalue weighted by molar-refractivity contribution is 0.225. The minimum atomic E-state index is 0.667. The monoisotopic (exact) mass is 288 g/mol. The van der Waals surface area contributed by atoms with Gasteiger partial charge in [0.1, 0.15) is 0 Å². The van der Waals surface area contributed by atoms with Gasteiger partial charge in [-0.15, -0.1) is 0 Å². The van der Waals surface area contributed by atoms with Crippen molar-refractivity contribution in [2.45, 2.75) is 58.4 Å². The lowest BCUT2D eigenvalue weighted by Crippen LogP contribution is -2.39. The van der Waals surface area contributed by atoms with Gasteiger partial charge in [0.15, 0.2) is 0 Å². The molecule has 2 aliphatic rings. The fraction of sp³-hybridized carbons (Fsp3) is 0.765. The highest BCUT2D eigenvalue weighted by Gasteiger charge is 2.37. The average Bonchev–Trinajstić information content (AvgIpc) is 2.97. The molecule has 0 unspecified atom stereocenters. The quantitative estimate of drug-likeness (QED) is 0.845. The first kappa shape index (κ1) is 14.8. The smallest absolute Gasteiger partial charge is 0.225 e. The van der Waals surface area contributed by atoms with Crippen molar-refractivity contribution in [3.8, 4) is 0 Å². The van der Waals surface area contributed by atoms with Crippen LogP contribution in [0.2, 0.25) is 0 Å². The van der Waals surface area contributed by atoms with Crippen molar-refractivity contribution in [2.75, 3.05) is 24.5 Å². The predicted octanol–water partition coefficient (Wildman–Crippen LogP) is 3.14. The zero-order chi connectivity index (χ0) is 14.5. The van der Waals surface area contributed by atoms with E-state index in [1.165, 1.54) is 44.1 Å². The second-order valence-electron chi connectivity index (χ2n) is 6.76.